The van der Waals surface area contributed by atoms with Gasteiger partial charge in [0.1, 0.15) is 17.9 Å². The predicted molar refractivity (Wildman–Crippen MR) is 80.8 cm³/mol. The molecule has 1 aromatic rings. The van der Waals surface area contributed by atoms with E-state index in [1.54, 1.807) is 0 Å². The second-order valence-corrected chi connectivity index (χ2v) is 5.90. The van der Waals surface area contributed by atoms with E-state index in [1.165, 1.54) is 5.56 Å². The largest absolute Gasteiger partial charge is 0.491 e. The topological polar surface area (TPSA) is 45.0 Å². The summed E-state index contributed by atoms with van der Waals surface area (Å²) in [6.07, 6.45) is 2.24. The third kappa shape index (κ3) is 3.32. The van der Waals surface area contributed by atoms with Gasteiger partial charge in [-0.25, -0.2) is 0 Å². The maximum atomic E-state index is 9.55. The average molecular weight is 272 g/mol. The van der Waals surface area contributed by atoms with Crippen molar-refractivity contribution in [2.24, 2.45) is 5.92 Å². The van der Waals surface area contributed by atoms with E-state index < -0.39 is 5.54 Å². The summed E-state index contributed by atoms with van der Waals surface area (Å²) in [5, 5.41) is 12.9. The van der Waals surface area contributed by atoms with Gasteiger partial charge < -0.3 is 4.74 Å². The van der Waals surface area contributed by atoms with Crippen LogP contribution in [-0.4, -0.2) is 18.7 Å². The highest BCUT2D eigenvalue weighted by Crippen LogP contribution is 2.39. The van der Waals surface area contributed by atoms with Crippen LogP contribution in [0.1, 0.15) is 45.1 Å². The van der Waals surface area contributed by atoms with Gasteiger partial charge in [-0.1, -0.05) is 32.9 Å². The van der Waals surface area contributed by atoms with E-state index in [0.717, 1.165) is 25.1 Å². The van der Waals surface area contributed by atoms with Crippen molar-refractivity contribution in [3.63, 3.8) is 0 Å². The van der Waals surface area contributed by atoms with E-state index >= 15 is 0 Å². The van der Waals surface area contributed by atoms with Gasteiger partial charge in [-0.05, 0) is 48.9 Å². The highest BCUT2D eigenvalue weighted by atomic mass is 16.5. The lowest BCUT2D eigenvalue weighted by atomic mass is 9.96. The Morgan fingerprint density at radius 1 is 1.45 bits per heavy atom. The Labute approximate surface area is 121 Å². The molecular weight excluding hydrogens is 248 g/mol. The molecule has 0 amide bonds. The molecule has 3 nitrogen and oxygen atoms in total. The number of nitrogens with zero attached hydrogens (tertiary/aromatic N) is 1. The first-order chi connectivity index (χ1) is 9.61. The van der Waals surface area contributed by atoms with E-state index in [-0.39, 0.29) is 0 Å². The van der Waals surface area contributed by atoms with Crippen LogP contribution in [0.2, 0.25) is 0 Å². The number of benzene rings is 1. The van der Waals surface area contributed by atoms with Crippen LogP contribution in [0.15, 0.2) is 24.3 Å². The van der Waals surface area contributed by atoms with Crippen molar-refractivity contribution in [2.45, 2.75) is 45.1 Å². The lowest BCUT2D eigenvalue weighted by Crippen LogP contribution is -2.50. The molecule has 0 saturated heterocycles. The van der Waals surface area contributed by atoms with Crippen LogP contribution in [0, 0.1) is 17.2 Å². The van der Waals surface area contributed by atoms with Crippen LogP contribution < -0.4 is 10.1 Å². The average Bonchev–Trinajstić information content (AvgIpc) is 3.29. The molecule has 0 heterocycles. The lowest BCUT2D eigenvalue weighted by molar-refractivity contribution is 0.204. The third-order valence-electron chi connectivity index (χ3n) is 3.96. The summed E-state index contributed by atoms with van der Waals surface area (Å²) in [5.41, 5.74) is 0.739. The minimum atomic E-state index is -0.525. The number of hydrogen-bond acceptors (Lipinski definition) is 3. The van der Waals surface area contributed by atoms with E-state index in [2.05, 4.69) is 37.4 Å². The highest BCUT2D eigenvalue weighted by Gasteiger charge is 2.46. The fraction of sp³-hybridized carbons (Fsp3) is 0.588. The van der Waals surface area contributed by atoms with Gasteiger partial charge in [0.15, 0.2) is 0 Å². The van der Waals surface area contributed by atoms with Gasteiger partial charge in [-0.3, -0.25) is 5.32 Å². The Morgan fingerprint density at radius 2 is 2.20 bits per heavy atom. The summed E-state index contributed by atoms with van der Waals surface area (Å²) in [4.78, 5) is 0. The van der Waals surface area contributed by atoms with Crippen molar-refractivity contribution < 1.29 is 4.74 Å². The first-order valence-electron chi connectivity index (χ1n) is 7.50. The van der Waals surface area contributed by atoms with Crippen LogP contribution in [-0.2, 0) is 0 Å². The monoisotopic (exact) mass is 272 g/mol. The Kier molecular flexibility index (Phi) is 4.67. The molecule has 1 N–H and O–H groups in total. The van der Waals surface area contributed by atoms with Gasteiger partial charge in [0.2, 0.25) is 0 Å². The number of hydrogen-bond donors (Lipinski definition) is 1. The summed E-state index contributed by atoms with van der Waals surface area (Å²) in [6, 6.07) is 10.6. The van der Waals surface area contributed by atoms with Gasteiger partial charge in [0, 0.05) is 0 Å². The van der Waals surface area contributed by atoms with Gasteiger partial charge in [-0.2, -0.15) is 5.26 Å². The molecule has 1 aliphatic rings. The van der Waals surface area contributed by atoms with Gasteiger partial charge in [0.05, 0.1) is 6.07 Å². The zero-order valence-corrected chi connectivity index (χ0v) is 12.6. The highest BCUT2D eigenvalue weighted by molar-refractivity contribution is 5.31. The molecule has 20 heavy (non-hydrogen) atoms. The first-order valence-corrected chi connectivity index (χ1v) is 7.50. The molecule has 108 valence electrons. The summed E-state index contributed by atoms with van der Waals surface area (Å²) in [7, 11) is 0. The maximum Gasteiger partial charge on any atom is 0.143 e. The van der Waals surface area contributed by atoms with Gasteiger partial charge in [-0.15, -0.1) is 0 Å². The minimum Gasteiger partial charge on any atom is -0.491 e. The fourth-order valence-electron chi connectivity index (χ4n) is 2.53. The minimum absolute atomic E-state index is 0.420. The predicted octanol–water partition coefficient (Wildman–Crippen LogP) is 3.47. The Bertz CT molecular complexity index is 488. The molecule has 2 rings (SSSR count). The molecule has 0 aromatic heterocycles. The molecule has 1 atom stereocenters. The fourth-order valence-corrected chi connectivity index (χ4v) is 2.53. The van der Waals surface area contributed by atoms with Crippen molar-refractivity contribution in [2.75, 3.05) is 13.2 Å². The Hall–Kier alpha value is -1.53. The van der Waals surface area contributed by atoms with Crippen molar-refractivity contribution in [3.05, 3.63) is 29.8 Å². The van der Waals surface area contributed by atoms with E-state index in [1.807, 2.05) is 19.1 Å². The second-order valence-electron chi connectivity index (χ2n) is 5.90. The normalized spacial score (nSPS) is 17.6. The number of nitriles is 1. The number of ether oxygens (including phenoxy) is 1. The quantitative estimate of drug-likeness (QED) is 0.826. The molecule has 0 radical (unpaired) electrons. The smallest absolute Gasteiger partial charge is 0.143 e. The lowest BCUT2D eigenvalue weighted by Gasteiger charge is -2.27. The Balaban J connectivity index is 2.06. The van der Waals surface area contributed by atoms with Crippen molar-refractivity contribution in [1.29, 1.82) is 5.26 Å². The molecule has 1 aliphatic carbocycles. The number of nitrogens with one attached hydrogen (secondary N) is 1. The molecule has 1 aromatic carbocycles. The molecule has 0 bridgehead atoms. The molecule has 1 unspecified atom stereocenters. The van der Waals surface area contributed by atoms with Gasteiger partial charge >= 0.3 is 0 Å². The first kappa shape index (κ1) is 14.9. The summed E-state index contributed by atoms with van der Waals surface area (Å²) in [6.45, 7) is 7.58. The summed E-state index contributed by atoms with van der Waals surface area (Å²) in [5.74, 6) is 1.77. The SMILES string of the molecule is CCNC(C#N)(COc1cccc(C(C)C)c1)C1CC1. The van der Waals surface area contributed by atoms with Crippen molar-refractivity contribution >= 4 is 0 Å². The zero-order chi connectivity index (χ0) is 14.6. The van der Waals surface area contributed by atoms with E-state index in [0.29, 0.717) is 18.4 Å². The van der Waals surface area contributed by atoms with Crippen molar-refractivity contribution in [3.8, 4) is 11.8 Å². The van der Waals surface area contributed by atoms with Crippen LogP contribution in [0.3, 0.4) is 0 Å². The standard InChI is InChI=1S/C17H24N2O/c1-4-19-17(11-18,15-8-9-15)12-20-16-7-5-6-14(10-16)13(2)3/h5-7,10,13,15,19H,4,8-9,12H2,1-3H3. The van der Waals surface area contributed by atoms with Gasteiger partial charge in [0.25, 0.3) is 0 Å². The number of rotatable bonds is 7. The van der Waals surface area contributed by atoms with Crippen LogP contribution in [0.4, 0.5) is 0 Å². The van der Waals surface area contributed by atoms with Crippen molar-refractivity contribution in [1.82, 2.24) is 5.32 Å². The van der Waals surface area contributed by atoms with Crippen LogP contribution in [0.25, 0.3) is 0 Å². The molecule has 1 fully saturated rings. The maximum absolute atomic E-state index is 9.55. The number of likely N-dealkylation sites (N-methyl/N-ethyl adjacent to an activating group) is 1. The molecule has 1 saturated carbocycles. The Morgan fingerprint density at radius 3 is 2.75 bits per heavy atom. The molecule has 0 spiro atoms. The zero-order valence-electron chi connectivity index (χ0n) is 12.6. The van der Waals surface area contributed by atoms with Crippen LogP contribution in [0.5, 0.6) is 5.75 Å². The van der Waals surface area contributed by atoms with Crippen LogP contribution >= 0.6 is 0 Å². The summed E-state index contributed by atoms with van der Waals surface area (Å²) >= 11 is 0. The summed E-state index contributed by atoms with van der Waals surface area (Å²) < 4.78 is 5.92. The molecular formula is C17H24N2O. The molecule has 0 aliphatic heterocycles. The second kappa shape index (κ2) is 6.28. The third-order valence-corrected chi connectivity index (χ3v) is 3.96. The van der Waals surface area contributed by atoms with E-state index in [9.17, 15) is 5.26 Å². The molecule has 3 heteroatoms. The van der Waals surface area contributed by atoms with E-state index in [4.69, 9.17) is 4.74 Å².